The van der Waals surface area contributed by atoms with Crippen LogP contribution in [-0.4, -0.2) is 25.7 Å². The third-order valence-corrected chi connectivity index (χ3v) is 2.81. The normalized spacial score (nSPS) is 14.6. The zero-order chi connectivity index (χ0) is 14.5. The minimum atomic E-state index is -2.88. The van der Waals surface area contributed by atoms with Gasteiger partial charge in [-0.2, -0.15) is 8.78 Å². The highest BCUT2D eigenvalue weighted by molar-refractivity contribution is 8.93. The van der Waals surface area contributed by atoms with E-state index in [0.29, 0.717) is 18.5 Å². The SMILES string of the molecule is Br.COc1cc(CN=C(N)NC2CC2)ccc1OC(F)F. The van der Waals surface area contributed by atoms with E-state index in [-0.39, 0.29) is 28.5 Å². The number of hydrogen-bond acceptors (Lipinski definition) is 3. The number of guanidine groups is 1. The largest absolute Gasteiger partial charge is 0.493 e. The maximum atomic E-state index is 12.2. The summed E-state index contributed by atoms with van der Waals surface area (Å²) in [6.07, 6.45) is 2.23. The van der Waals surface area contributed by atoms with Crippen LogP contribution in [0.4, 0.5) is 8.78 Å². The van der Waals surface area contributed by atoms with E-state index in [1.54, 1.807) is 12.1 Å². The Morgan fingerprint density at radius 3 is 2.71 bits per heavy atom. The molecule has 2 rings (SSSR count). The summed E-state index contributed by atoms with van der Waals surface area (Å²) in [5, 5.41) is 3.06. The van der Waals surface area contributed by atoms with Gasteiger partial charge in [0.15, 0.2) is 17.5 Å². The van der Waals surface area contributed by atoms with Crippen LogP contribution >= 0.6 is 17.0 Å². The van der Waals surface area contributed by atoms with Crippen molar-refractivity contribution in [2.75, 3.05) is 7.11 Å². The summed E-state index contributed by atoms with van der Waals surface area (Å²) in [7, 11) is 1.39. The van der Waals surface area contributed by atoms with Crippen LogP contribution in [0.1, 0.15) is 18.4 Å². The lowest BCUT2D eigenvalue weighted by molar-refractivity contribution is -0.0512. The van der Waals surface area contributed by atoms with Gasteiger partial charge >= 0.3 is 6.61 Å². The van der Waals surface area contributed by atoms with Crippen LogP contribution in [0, 0.1) is 0 Å². The molecule has 1 aliphatic carbocycles. The van der Waals surface area contributed by atoms with Crippen LogP contribution in [-0.2, 0) is 6.54 Å². The second-order valence-corrected chi connectivity index (χ2v) is 4.48. The number of aliphatic imine (C=N–C) groups is 1. The number of nitrogens with one attached hydrogen (secondary N) is 1. The van der Waals surface area contributed by atoms with Gasteiger partial charge in [-0.1, -0.05) is 6.07 Å². The first-order valence-corrected chi connectivity index (χ1v) is 6.26. The van der Waals surface area contributed by atoms with E-state index < -0.39 is 6.61 Å². The van der Waals surface area contributed by atoms with Crippen molar-refractivity contribution in [3.05, 3.63) is 23.8 Å². The molecule has 0 aliphatic heterocycles. The molecule has 5 nitrogen and oxygen atoms in total. The third-order valence-electron chi connectivity index (χ3n) is 2.81. The zero-order valence-electron chi connectivity index (χ0n) is 11.5. The first-order chi connectivity index (χ1) is 9.58. The van der Waals surface area contributed by atoms with Crippen LogP contribution in [0.3, 0.4) is 0 Å². The number of benzene rings is 1. The number of hydrogen-bond donors (Lipinski definition) is 2. The average Bonchev–Trinajstić information content (AvgIpc) is 3.20. The first-order valence-electron chi connectivity index (χ1n) is 6.26. The van der Waals surface area contributed by atoms with E-state index >= 15 is 0 Å². The maximum absolute atomic E-state index is 12.2. The molecular formula is C13H18BrF2N3O2. The summed E-state index contributed by atoms with van der Waals surface area (Å²) in [6, 6.07) is 5.12. The Labute approximate surface area is 132 Å². The quantitative estimate of drug-likeness (QED) is 0.600. The molecule has 0 atom stereocenters. The summed E-state index contributed by atoms with van der Waals surface area (Å²) in [6.45, 7) is -2.54. The Kier molecular flexibility index (Phi) is 6.67. The van der Waals surface area contributed by atoms with Gasteiger partial charge in [0.2, 0.25) is 0 Å². The van der Waals surface area contributed by atoms with Gasteiger partial charge in [-0.15, -0.1) is 17.0 Å². The fourth-order valence-corrected chi connectivity index (χ4v) is 1.66. The molecule has 0 amide bonds. The Bertz CT molecular complexity index is 496. The van der Waals surface area contributed by atoms with Crippen LogP contribution in [0.2, 0.25) is 0 Å². The standard InChI is InChI=1S/C13H17F2N3O2.BrH/c1-19-11-6-8(2-5-10(11)20-12(14)15)7-17-13(16)18-9-3-4-9;/h2,5-6,9,12H,3-4,7H2,1H3,(H3,16,17,18);1H. The second-order valence-electron chi connectivity index (χ2n) is 4.48. The van der Waals surface area contributed by atoms with E-state index in [1.807, 2.05) is 0 Å². The summed E-state index contributed by atoms with van der Waals surface area (Å²) in [4.78, 5) is 4.18. The minimum Gasteiger partial charge on any atom is -0.493 e. The summed E-state index contributed by atoms with van der Waals surface area (Å²) in [5.41, 5.74) is 6.51. The number of halogens is 3. The molecule has 1 aromatic carbocycles. The van der Waals surface area contributed by atoms with Crippen molar-refractivity contribution in [3.8, 4) is 11.5 Å². The Morgan fingerprint density at radius 1 is 1.43 bits per heavy atom. The molecule has 1 fully saturated rings. The molecule has 0 aromatic heterocycles. The summed E-state index contributed by atoms with van der Waals surface area (Å²) in [5.74, 6) is 0.630. The lowest BCUT2D eigenvalue weighted by Crippen LogP contribution is -2.33. The fourth-order valence-electron chi connectivity index (χ4n) is 1.66. The Hall–Kier alpha value is -1.57. The van der Waals surface area contributed by atoms with Gasteiger partial charge in [0.1, 0.15) is 0 Å². The lowest BCUT2D eigenvalue weighted by atomic mass is 10.2. The number of nitrogens with zero attached hydrogens (tertiary/aromatic N) is 1. The maximum Gasteiger partial charge on any atom is 0.387 e. The monoisotopic (exact) mass is 365 g/mol. The van der Waals surface area contributed by atoms with E-state index in [9.17, 15) is 8.78 Å². The van der Waals surface area contributed by atoms with Crippen LogP contribution < -0.4 is 20.5 Å². The van der Waals surface area contributed by atoms with Crippen LogP contribution in [0.15, 0.2) is 23.2 Å². The van der Waals surface area contributed by atoms with Gasteiger partial charge in [0.05, 0.1) is 13.7 Å². The van der Waals surface area contributed by atoms with Crippen molar-refractivity contribution in [3.63, 3.8) is 0 Å². The van der Waals surface area contributed by atoms with Gasteiger partial charge in [-0.3, -0.25) is 0 Å². The van der Waals surface area contributed by atoms with Crippen molar-refractivity contribution in [2.45, 2.75) is 32.0 Å². The predicted octanol–water partition coefficient (Wildman–Crippen LogP) is 2.44. The highest BCUT2D eigenvalue weighted by Gasteiger charge is 2.21. The van der Waals surface area contributed by atoms with Gasteiger partial charge < -0.3 is 20.5 Å². The van der Waals surface area contributed by atoms with Gasteiger partial charge in [0.25, 0.3) is 0 Å². The smallest absolute Gasteiger partial charge is 0.387 e. The highest BCUT2D eigenvalue weighted by Crippen LogP contribution is 2.29. The van der Waals surface area contributed by atoms with Gasteiger partial charge in [-0.05, 0) is 30.5 Å². The van der Waals surface area contributed by atoms with Crippen molar-refractivity contribution >= 4 is 22.9 Å². The second kappa shape index (κ2) is 8.02. The van der Waals surface area contributed by atoms with Gasteiger partial charge in [0, 0.05) is 6.04 Å². The van der Waals surface area contributed by atoms with E-state index in [4.69, 9.17) is 10.5 Å². The molecule has 0 radical (unpaired) electrons. The van der Waals surface area contributed by atoms with Gasteiger partial charge in [-0.25, -0.2) is 4.99 Å². The van der Waals surface area contributed by atoms with Crippen molar-refractivity contribution < 1.29 is 18.3 Å². The molecule has 0 heterocycles. The number of nitrogens with two attached hydrogens (primary N) is 1. The summed E-state index contributed by atoms with van der Waals surface area (Å²) >= 11 is 0. The molecular weight excluding hydrogens is 348 g/mol. The van der Waals surface area contributed by atoms with Crippen molar-refractivity contribution in [1.82, 2.24) is 5.32 Å². The minimum absolute atomic E-state index is 0. The topological polar surface area (TPSA) is 68.9 Å². The zero-order valence-corrected chi connectivity index (χ0v) is 13.2. The highest BCUT2D eigenvalue weighted by atomic mass is 79.9. The molecule has 0 unspecified atom stereocenters. The molecule has 118 valence electrons. The van der Waals surface area contributed by atoms with Crippen molar-refractivity contribution in [2.24, 2.45) is 10.7 Å². The molecule has 1 aliphatic rings. The molecule has 21 heavy (non-hydrogen) atoms. The Balaban J connectivity index is 0.00000220. The predicted molar refractivity (Wildman–Crippen MR) is 81.4 cm³/mol. The third kappa shape index (κ3) is 5.74. The molecule has 1 saturated carbocycles. The first kappa shape index (κ1) is 17.5. The number of rotatable bonds is 6. The molecule has 8 heteroatoms. The number of alkyl halides is 2. The average molecular weight is 366 g/mol. The van der Waals surface area contributed by atoms with E-state index in [0.717, 1.165) is 18.4 Å². The summed E-state index contributed by atoms with van der Waals surface area (Å²) < 4.78 is 33.7. The molecule has 0 bridgehead atoms. The van der Waals surface area contributed by atoms with Crippen molar-refractivity contribution in [1.29, 1.82) is 0 Å². The molecule has 0 saturated heterocycles. The lowest BCUT2D eigenvalue weighted by Gasteiger charge is -2.11. The van der Waals surface area contributed by atoms with Crippen LogP contribution in [0.5, 0.6) is 11.5 Å². The Morgan fingerprint density at radius 2 is 2.14 bits per heavy atom. The van der Waals surface area contributed by atoms with Crippen LogP contribution in [0.25, 0.3) is 0 Å². The number of methoxy groups -OCH3 is 1. The van der Waals surface area contributed by atoms with E-state index in [2.05, 4.69) is 15.0 Å². The fraction of sp³-hybridized carbons (Fsp3) is 0.462. The molecule has 3 N–H and O–H groups in total. The van der Waals surface area contributed by atoms with E-state index in [1.165, 1.54) is 13.2 Å². The number of ether oxygens (including phenoxy) is 2. The molecule has 0 spiro atoms. The molecule has 1 aromatic rings.